The minimum Gasteiger partial charge on any atom is -0.492 e. The van der Waals surface area contributed by atoms with Gasteiger partial charge in [-0.2, -0.15) is 11.8 Å². The first-order valence-electron chi connectivity index (χ1n) is 7.51. The summed E-state index contributed by atoms with van der Waals surface area (Å²) in [5.74, 6) is 0.890. The van der Waals surface area contributed by atoms with Gasteiger partial charge in [0.1, 0.15) is 5.75 Å². The fourth-order valence-electron chi connectivity index (χ4n) is 2.80. The van der Waals surface area contributed by atoms with Gasteiger partial charge in [-0.3, -0.25) is 0 Å². The molecule has 0 aliphatic heterocycles. The molecule has 0 aromatic heterocycles. The molecule has 118 valence electrons. The summed E-state index contributed by atoms with van der Waals surface area (Å²) >= 11 is 9.21. The van der Waals surface area contributed by atoms with Crippen LogP contribution in [0.4, 0.5) is 0 Å². The third-order valence-electron chi connectivity index (χ3n) is 3.90. The molecular weight excluding hydrogens is 414 g/mol. The monoisotopic (exact) mass is 435 g/mol. The Kier molecular flexibility index (Phi) is 7.39. The van der Waals surface area contributed by atoms with Gasteiger partial charge in [0.2, 0.25) is 0 Å². The number of halogens is 2. The van der Waals surface area contributed by atoms with Crippen LogP contribution in [0.1, 0.15) is 38.2 Å². The maximum absolute atomic E-state index is 5.63. The molecule has 2 unspecified atom stereocenters. The first-order valence-corrected chi connectivity index (χ1v) is 10.4. The SMILES string of the molecule is CCOc1c(Br)cc(CNC2CCCC(SC)C2)cc1Br. The first-order chi connectivity index (χ1) is 10.1. The molecule has 1 N–H and O–H groups in total. The molecule has 1 aromatic carbocycles. The molecule has 0 heterocycles. The number of hydrogen-bond acceptors (Lipinski definition) is 3. The van der Waals surface area contributed by atoms with E-state index in [1.54, 1.807) is 0 Å². The highest BCUT2D eigenvalue weighted by molar-refractivity contribution is 9.11. The van der Waals surface area contributed by atoms with E-state index in [0.29, 0.717) is 12.6 Å². The molecule has 1 aliphatic rings. The third-order valence-corrected chi connectivity index (χ3v) is 6.17. The van der Waals surface area contributed by atoms with Crippen LogP contribution < -0.4 is 10.1 Å². The average Bonchev–Trinajstić information content (AvgIpc) is 2.49. The second-order valence-electron chi connectivity index (χ2n) is 5.42. The predicted molar refractivity (Wildman–Crippen MR) is 99.4 cm³/mol. The molecule has 0 bridgehead atoms. The Balaban J connectivity index is 1.94. The lowest BCUT2D eigenvalue weighted by molar-refractivity contribution is 0.335. The fraction of sp³-hybridized carbons (Fsp3) is 0.625. The third kappa shape index (κ3) is 5.15. The van der Waals surface area contributed by atoms with Crippen molar-refractivity contribution in [3.05, 3.63) is 26.6 Å². The van der Waals surface area contributed by atoms with Crippen molar-refractivity contribution in [2.24, 2.45) is 0 Å². The van der Waals surface area contributed by atoms with Crippen LogP contribution in [0.5, 0.6) is 5.75 Å². The highest BCUT2D eigenvalue weighted by Gasteiger charge is 2.20. The van der Waals surface area contributed by atoms with Gasteiger partial charge in [-0.25, -0.2) is 0 Å². The summed E-state index contributed by atoms with van der Waals surface area (Å²) in [4.78, 5) is 0. The molecule has 1 fully saturated rings. The summed E-state index contributed by atoms with van der Waals surface area (Å²) in [7, 11) is 0. The standard InChI is InChI=1S/C16H23Br2NOS/c1-3-20-16-14(17)7-11(8-15(16)18)10-19-12-5-4-6-13(9-12)21-2/h7-8,12-13,19H,3-6,9-10H2,1-2H3. The average molecular weight is 437 g/mol. The molecular formula is C16H23Br2NOS. The van der Waals surface area contributed by atoms with E-state index in [9.17, 15) is 0 Å². The quantitative estimate of drug-likeness (QED) is 0.647. The first kappa shape index (κ1) is 17.6. The summed E-state index contributed by atoms with van der Waals surface area (Å²) in [6, 6.07) is 4.95. The topological polar surface area (TPSA) is 21.3 Å². The van der Waals surface area contributed by atoms with E-state index in [2.05, 4.69) is 55.6 Å². The minimum absolute atomic E-state index is 0.653. The smallest absolute Gasteiger partial charge is 0.147 e. The second kappa shape index (κ2) is 8.80. The Bertz CT molecular complexity index is 447. The van der Waals surface area contributed by atoms with Gasteiger partial charge in [-0.05, 0) is 82.0 Å². The zero-order valence-corrected chi connectivity index (χ0v) is 16.6. The van der Waals surface area contributed by atoms with Crippen LogP contribution in [0.3, 0.4) is 0 Å². The molecule has 0 saturated heterocycles. The molecule has 1 saturated carbocycles. The molecule has 1 aromatic rings. The lowest BCUT2D eigenvalue weighted by Crippen LogP contribution is -2.34. The summed E-state index contributed by atoms with van der Waals surface area (Å²) < 4.78 is 7.66. The van der Waals surface area contributed by atoms with Crippen LogP contribution in [0, 0.1) is 0 Å². The van der Waals surface area contributed by atoms with Crippen molar-refractivity contribution in [1.29, 1.82) is 0 Å². The van der Waals surface area contributed by atoms with Crippen LogP contribution in [-0.2, 0) is 6.54 Å². The Labute approximate surface area is 149 Å². The van der Waals surface area contributed by atoms with Gasteiger partial charge in [-0.15, -0.1) is 0 Å². The van der Waals surface area contributed by atoms with Crippen molar-refractivity contribution in [3.63, 3.8) is 0 Å². The summed E-state index contributed by atoms with van der Waals surface area (Å²) in [6.07, 6.45) is 7.55. The zero-order valence-electron chi connectivity index (χ0n) is 12.6. The number of thioether (sulfide) groups is 1. The van der Waals surface area contributed by atoms with Crippen LogP contribution in [-0.4, -0.2) is 24.2 Å². The van der Waals surface area contributed by atoms with Gasteiger partial charge >= 0.3 is 0 Å². The largest absolute Gasteiger partial charge is 0.492 e. The molecule has 0 spiro atoms. The second-order valence-corrected chi connectivity index (χ2v) is 8.27. The zero-order chi connectivity index (χ0) is 15.2. The minimum atomic E-state index is 0.653. The predicted octanol–water partition coefficient (Wildman–Crippen LogP) is 5.37. The van der Waals surface area contributed by atoms with E-state index in [0.717, 1.165) is 26.5 Å². The lowest BCUT2D eigenvalue weighted by atomic mass is 9.95. The molecule has 2 rings (SSSR count). The van der Waals surface area contributed by atoms with Crippen LogP contribution in [0.2, 0.25) is 0 Å². The number of benzene rings is 1. The van der Waals surface area contributed by atoms with E-state index >= 15 is 0 Å². The molecule has 21 heavy (non-hydrogen) atoms. The Morgan fingerprint density at radius 3 is 2.62 bits per heavy atom. The van der Waals surface area contributed by atoms with Gasteiger partial charge in [0, 0.05) is 17.8 Å². The normalized spacial score (nSPS) is 22.3. The van der Waals surface area contributed by atoms with Crippen molar-refractivity contribution in [2.45, 2.75) is 50.4 Å². The van der Waals surface area contributed by atoms with Crippen molar-refractivity contribution in [3.8, 4) is 5.75 Å². The maximum Gasteiger partial charge on any atom is 0.147 e. The molecule has 0 amide bonds. The summed E-state index contributed by atoms with van der Waals surface area (Å²) in [5.41, 5.74) is 1.28. The van der Waals surface area contributed by atoms with Crippen LogP contribution in [0.25, 0.3) is 0 Å². The van der Waals surface area contributed by atoms with Gasteiger partial charge in [0.25, 0.3) is 0 Å². The highest BCUT2D eigenvalue weighted by atomic mass is 79.9. The molecule has 2 atom stereocenters. The number of rotatable bonds is 6. The van der Waals surface area contributed by atoms with E-state index in [4.69, 9.17) is 4.74 Å². The summed E-state index contributed by atoms with van der Waals surface area (Å²) in [5, 5.41) is 4.54. The molecule has 0 radical (unpaired) electrons. The lowest BCUT2D eigenvalue weighted by Gasteiger charge is -2.29. The van der Waals surface area contributed by atoms with Gasteiger partial charge in [0.15, 0.2) is 0 Å². The van der Waals surface area contributed by atoms with E-state index in [1.165, 1.54) is 31.2 Å². The van der Waals surface area contributed by atoms with Crippen molar-refractivity contribution in [1.82, 2.24) is 5.32 Å². The number of nitrogens with one attached hydrogen (secondary N) is 1. The van der Waals surface area contributed by atoms with Crippen LogP contribution >= 0.6 is 43.6 Å². The maximum atomic E-state index is 5.63. The molecule has 1 aliphatic carbocycles. The Morgan fingerprint density at radius 2 is 2.00 bits per heavy atom. The molecule has 5 heteroatoms. The van der Waals surface area contributed by atoms with Gasteiger partial charge in [0.05, 0.1) is 15.6 Å². The van der Waals surface area contributed by atoms with Crippen molar-refractivity contribution in [2.75, 3.05) is 12.9 Å². The van der Waals surface area contributed by atoms with E-state index in [-0.39, 0.29) is 0 Å². The number of hydrogen-bond donors (Lipinski definition) is 1. The summed E-state index contributed by atoms with van der Waals surface area (Å²) in [6.45, 7) is 3.59. The van der Waals surface area contributed by atoms with Gasteiger partial charge in [-0.1, -0.05) is 6.42 Å². The van der Waals surface area contributed by atoms with Gasteiger partial charge < -0.3 is 10.1 Å². The highest BCUT2D eigenvalue weighted by Crippen LogP contribution is 2.35. The number of ether oxygens (including phenoxy) is 1. The Hall–Kier alpha value is 0.290. The molecule has 2 nitrogen and oxygen atoms in total. The Morgan fingerprint density at radius 1 is 1.29 bits per heavy atom. The van der Waals surface area contributed by atoms with E-state index < -0.39 is 0 Å². The fourth-order valence-corrected chi connectivity index (χ4v) is 5.14. The van der Waals surface area contributed by atoms with Crippen molar-refractivity contribution >= 4 is 43.6 Å². The van der Waals surface area contributed by atoms with E-state index in [1.807, 2.05) is 18.7 Å². The van der Waals surface area contributed by atoms with Crippen molar-refractivity contribution < 1.29 is 4.74 Å². The van der Waals surface area contributed by atoms with Crippen LogP contribution in [0.15, 0.2) is 21.1 Å².